The molecule has 0 saturated heterocycles. The molecule has 1 heterocycles. The molecule has 0 saturated carbocycles. The van der Waals surface area contributed by atoms with Gasteiger partial charge in [0.05, 0.1) is 32.3 Å². The van der Waals surface area contributed by atoms with E-state index < -0.39 is 5.97 Å². The number of carboxylic acid groups (broad SMARTS) is 1. The quantitative estimate of drug-likeness (QED) is 0.651. The molecule has 0 amide bonds. The van der Waals surface area contributed by atoms with Crippen LogP contribution in [0.25, 0.3) is 22.6 Å². The molecule has 1 aliphatic carbocycles. The van der Waals surface area contributed by atoms with E-state index in [9.17, 15) is 14.7 Å². The lowest BCUT2D eigenvalue weighted by Crippen LogP contribution is -2.16. The van der Waals surface area contributed by atoms with E-state index in [-0.39, 0.29) is 16.4 Å². The number of hydrogen-bond acceptors (Lipinski definition) is 6. The molecular formula is C24H22O7. The number of allylic oxidation sites excluding steroid dienone is 1. The second kappa shape index (κ2) is 8.18. The predicted molar refractivity (Wildman–Crippen MR) is 116 cm³/mol. The molecule has 7 heteroatoms. The standard InChI is InChI=1S/C24H22O7/c1-28-19-10-13(11-20(29-2)23(19)30-3)9-14-5-4-6-16-21(25)17-12-15(24(26)27)7-8-18(17)31-22(14)16/h7-12H,4-6H2,1-3H3,(H,26,27)/b14-9-. The van der Waals surface area contributed by atoms with Gasteiger partial charge < -0.3 is 23.7 Å². The maximum Gasteiger partial charge on any atom is 0.335 e. The first kappa shape index (κ1) is 20.5. The molecule has 0 atom stereocenters. The molecule has 0 fully saturated rings. The Bertz CT molecular complexity index is 1240. The molecule has 0 spiro atoms. The van der Waals surface area contributed by atoms with Crippen molar-refractivity contribution in [3.63, 3.8) is 0 Å². The van der Waals surface area contributed by atoms with Gasteiger partial charge in [0.15, 0.2) is 16.9 Å². The molecular weight excluding hydrogens is 400 g/mol. The third-order valence-corrected chi connectivity index (χ3v) is 5.42. The van der Waals surface area contributed by atoms with Gasteiger partial charge in [0, 0.05) is 5.56 Å². The van der Waals surface area contributed by atoms with Crippen molar-refractivity contribution in [1.82, 2.24) is 0 Å². The van der Waals surface area contributed by atoms with E-state index in [4.69, 9.17) is 18.6 Å². The molecule has 2 aromatic carbocycles. The first-order valence-electron chi connectivity index (χ1n) is 9.80. The van der Waals surface area contributed by atoms with Gasteiger partial charge >= 0.3 is 5.97 Å². The highest BCUT2D eigenvalue weighted by Gasteiger charge is 2.23. The Morgan fingerprint density at radius 3 is 2.35 bits per heavy atom. The first-order valence-corrected chi connectivity index (χ1v) is 9.80. The van der Waals surface area contributed by atoms with Crippen LogP contribution in [0, 0.1) is 0 Å². The van der Waals surface area contributed by atoms with Crippen LogP contribution in [0.5, 0.6) is 17.2 Å². The van der Waals surface area contributed by atoms with Crippen molar-refractivity contribution < 1.29 is 28.5 Å². The van der Waals surface area contributed by atoms with E-state index in [1.54, 1.807) is 21.3 Å². The minimum atomic E-state index is -1.08. The van der Waals surface area contributed by atoms with Crippen LogP contribution in [-0.2, 0) is 6.42 Å². The van der Waals surface area contributed by atoms with E-state index >= 15 is 0 Å². The van der Waals surface area contributed by atoms with Crippen LogP contribution in [0.15, 0.2) is 39.5 Å². The molecule has 31 heavy (non-hydrogen) atoms. The Morgan fingerprint density at radius 1 is 1.03 bits per heavy atom. The Labute approximate surface area is 178 Å². The molecule has 160 valence electrons. The molecule has 1 aromatic heterocycles. The van der Waals surface area contributed by atoms with E-state index in [2.05, 4.69) is 0 Å². The van der Waals surface area contributed by atoms with E-state index in [0.29, 0.717) is 40.6 Å². The summed E-state index contributed by atoms with van der Waals surface area (Å²) in [6.45, 7) is 0. The van der Waals surface area contributed by atoms with Crippen molar-refractivity contribution in [2.45, 2.75) is 19.3 Å². The van der Waals surface area contributed by atoms with Crippen LogP contribution >= 0.6 is 0 Å². The van der Waals surface area contributed by atoms with Crippen molar-refractivity contribution in [3.05, 3.63) is 63.0 Å². The molecule has 7 nitrogen and oxygen atoms in total. The normalized spacial score (nSPS) is 14.4. The fraction of sp³-hybridized carbons (Fsp3) is 0.250. The summed E-state index contributed by atoms with van der Waals surface area (Å²) in [4.78, 5) is 24.4. The second-order valence-electron chi connectivity index (χ2n) is 7.24. The molecule has 0 aliphatic heterocycles. The van der Waals surface area contributed by atoms with E-state index in [1.165, 1.54) is 18.2 Å². The van der Waals surface area contributed by atoms with Gasteiger partial charge in [-0.3, -0.25) is 4.79 Å². The number of fused-ring (bicyclic) bond motifs is 2. The van der Waals surface area contributed by atoms with Crippen LogP contribution in [-0.4, -0.2) is 32.4 Å². The third kappa shape index (κ3) is 3.63. The number of hydrogen-bond donors (Lipinski definition) is 1. The summed E-state index contributed by atoms with van der Waals surface area (Å²) < 4.78 is 22.3. The van der Waals surface area contributed by atoms with Crippen molar-refractivity contribution in [2.75, 3.05) is 21.3 Å². The lowest BCUT2D eigenvalue weighted by molar-refractivity contribution is 0.0697. The zero-order chi connectivity index (χ0) is 22.1. The second-order valence-corrected chi connectivity index (χ2v) is 7.24. The van der Waals surface area contributed by atoms with Crippen molar-refractivity contribution >= 4 is 28.6 Å². The summed E-state index contributed by atoms with van der Waals surface area (Å²) in [5.41, 5.74) is 2.52. The van der Waals surface area contributed by atoms with Gasteiger partial charge in [0.1, 0.15) is 11.3 Å². The number of aromatic carboxylic acids is 1. The van der Waals surface area contributed by atoms with Crippen LogP contribution < -0.4 is 19.6 Å². The van der Waals surface area contributed by atoms with Crippen molar-refractivity contribution in [1.29, 1.82) is 0 Å². The van der Waals surface area contributed by atoms with Gasteiger partial charge in [-0.1, -0.05) is 0 Å². The molecule has 1 aliphatic rings. The van der Waals surface area contributed by atoms with Gasteiger partial charge in [-0.25, -0.2) is 4.79 Å². The summed E-state index contributed by atoms with van der Waals surface area (Å²) in [6, 6.07) is 8.01. The van der Waals surface area contributed by atoms with Crippen molar-refractivity contribution in [3.8, 4) is 17.2 Å². The Morgan fingerprint density at radius 2 is 1.74 bits per heavy atom. The third-order valence-electron chi connectivity index (χ3n) is 5.42. The SMILES string of the molecule is COc1cc(/C=C2/CCCc3c2oc2ccc(C(=O)O)cc2c3=O)cc(OC)c1OC. The molecule has 4 rings (SSSR count). The fourth-order valence-corrected chi connectivity index (χ4v) is 3.95. The summed E-state index contributed by atoms with van der Waals surface area (Å²) >= 11 is 0. The maximum absolute atomic E-state index is 13.1. The van der Waals surface area contributed by atoms with Crippen LogP contribution in [0.4, 0.5) is 0 Å². The van der Waals surface area contributed by atoms with Gasteiger partial charge in [-0.05, 0) is 66.8 Å². The van der Waals surface area contributed by atoms with E-state index in [0.717, 1.165) is 24.0 Å². The monoisotopic (exact) mass is 422 g/mol. The van der Waals surface area contributed by atoms with Gasteiger partial charge in [-0.15, -0.1) is 0 Å². The van der Waals surface area contributed by atoms with Crippen molar-refractivity contribution in [2.24, 2.45) is 0 Å². The smallest absolute Gasteiger partial charge is 0.335 e. The average molecular weight is 422 g/mol. The highest BCUT2D eigenvalue weighted by atomic mass is 16.5. The van der Waals surface area contributed by atoms with Gasteiger partial charge in [-0.2, -0.15) is 0 Å². The lowest BCUT2D eigenvalue weighted by atomic mass is 9.90. The zero-order valence-electron chi connectivity index (χ0n) is 17.5. The number of methoxy groups -OCH3 is 3. The van der Waals surface area contributed by atoms with Gasteiger partial charge in [0.25, 0.3) is 0 Å². The zero-order valence-corrected chi connectivity index (χ0v) is 17.5. The Balaban J connectivity index is 1.88. The molecule has 0 unspecified atom stereocenters. The molecule has 0 bridgehead atoms. The van der Waals surface area contributed by atoms with Crippen LogP contribution in [0.2, 0.25) is 0 Å². The maximum atomic E-state index is 13.1. The molecule has 1 N–H and O–H groups in total. The lowest BCUT2D eigenvalue weighted by Gasteiger charge is -2.19. The number of carbonyl (C=O) groups is 1. The van der Waals surface area contributed by atoms with Crippen LogP contribution in [0.1, 0.15) is 40.1 Å². The number of rotatable bonds is 5. The van der Waals surface area contributed by atoms with E-state index in [1.807, 2.05) is 18.2 Å². The summed E-state index contributed by atoms with van der Waals surface area (Å²) in [5.74, 6) is 1.03. The Kier molecular flexibility index (Phi) is 5.42. The minimum absolute atomic E-state index is 0.0590. The summed E-state index contributed by atoms with van der Waals surface area (Å²) in [5, 5.41) is 9.52. The Hall–Kier alpha value is -3.74. The predicted octanol–water partition coefficient (Wildman–Crippen LogP) is 4.39. The first-order chi connectivity index (χ1) is 15.0. The highest BCUT2D eigenvalue weighted by Crippen LogP contribution is 2.40. The topological polar surface area (TPSA) is 95.2 Å². The average Bonchev–Trinajstić information content (AvgIpc) is 2.78. The summed E-state index contributed by atoms with van der Waals surface area (Å²) in [7, 11) is 4.66. The minimum Gasteiger partial charge on any atom is -0.493 e. The number of benzene rings is 2. The number of ether oxygens (including phenoxy) is 3. The van der Waals surface area contributed by atoms with Crippen LogP contribution in [0.3, 0.4) is 0 Å². The number of carboxylic acids is 1. The van der Waals surface area contributed by atoms with Gasteiger partial charge in [0.2, 0.25) is 5.75 Å². The fourth-order valence-electron chi connectivity index (χ4n) is 3.95. The largest absolute Gasteiger partial charge is 0.493 e. The highest BCUT2D eigenvalue weighted by molar-refractivity contribution is 5.93. The molecule has 0 radical (unpaired) electrons. The molecule has 3 aromatic rings. The summed E-state index contributed by atoms with van der Waals surface area (Å²) in [6.07, 6.45) is 4.06.